The van der Waals surface area contributed by atoms with E-state index in [-0.39, 0.29) is 0 Å². The summed E-state index contributed by atoms with van der Waals surface area (Å²) in [6.07, 6.45) is 3.13. The fourth-order valence-corrected chi connectivity index (χ4v) is 5.98. The lowest BCUT2D eigenvalue weighted by atomic mass is 10.1. The molecule has 8 heteroatoms. The maximum atomic E-state index is 6.10. The van der Waals surface area contributed by atoms with Gasteiger partial charge in [-0.15, -0.1) is 0 Å². The second-order valence-corrected chi connectivity index (χ2v) is 10.7. The first-order valence-corrected chi connectivity index (χ1v) is 12.6. The standard InChI is InChI=1S/C21H20Br4O4/c22-14-4-12(6-16-10-28-16)20(18(24)8-14)26-2-1-3-27-21-13(7-17-11-29-17)5-15(23)9-19(21)25/h4-5,8-9,16-17H,1-3,6-7,10-11H2/t16-,17?/m0/s1. The van der Waals surface area contributed by atoms with Crippen molar-refractivity contribution in [1.29, 1.82) is 0 Å². The molecular formula is C21H20Br4O4. The normalized spacial score (nSPS) is 19.9. The zero-order chi connectivity index (χ0) is 20.4. The van der Waals surface area contributed by atoms with Crippen LogP contribution in [-0.4, -0.2) is 38.6 Å². The fourth-order valence-electron chi connectivity index (χ4n) is 3.12. The highest BCUT2D eigenvalue weighted by Crippen LogP contribution is 2.36. The smallest absolute Gasteiger partial charge is 0.136 e. The third-order valence-corrected chi connectivity index (χ3v) is 6.75. The summed E-state index contributed by atoms with van der Waals surface area (Å²) in [6, 6.07) is 8.22. The highest BCUT2D eigenvalue weighted by molar-refractivity contribution is 9.11. The predicted molar refractivity (Wildman–Crippen MR) is 126 cm³/mol. The Balaban J connectivity index is 1.33. The largest absolute Gasteiger partial charge is 0.492 e. The molecule has 0 spiro atoms. The van der Waals surface area contributed by atoms with Crippen LogP contribution in [-0.2, 0) is 22.3 Å². The number of halogens is 4. The number of benzene rings is 2. The van der Waals surface area contributed by atoms with Crippen LogP contribution in [0.3, 0.4) is 0 Å². The number of ether oxygens (including phenoxy) is 4. The van der Waals surface area contributed by atoms with Gasteiger partial charge in [0.2, 0.25) is 0 Å². The van der Waals surface area contributed by atoms with Crippen LogP contribution in [0.2, 0.25) is 0 Å². The summed E-state index contributed by atoms with van der Waals surface area (Å²) in [5.41, 5.74) is 2.30. The van der Waals surface area contributed by atoms with E-state index in [0.717, 1.165) is 73.0 Å². The summed E-state index contributed by atoms with van der Waals surface area (Å²) < 4.78 is 26.9. The topological polar surface area (TPSA) is 43.5 Å². The number of hydrogen-bond donors (Lipinski definition) is 0. The quantitative estimate of drug-likeness (QED) is 0.218. The Morgan fingerprint density at radius 2 is 1.14 bits per heavy atom. The number of epoxide rings is 2. The molecule has 2 aliphatic rings. The first-order valence-electron chi connectivity index (χ1n) is 9.44. The van der Waals surface area contributed by atoms with Gasteiger partial charge < -0.3 is 18.9 Å². The molecule has 0 radical (unpaired) electrons. The average Bonchev–Trinajstić information content (AvgIpc) is 3.55. The van der Waals surface area contributed by atoms with Gasteiger partial charge in [-0.3, -0.25) is 0 Å². The van der Waals surface area contributed by atoms with Crippen molar-refractivity contribution in [2.45, 2.75) is 31.5 Å². The van der Waals surface area contributed by atoms with Gasteiger partial charge in [-0.05, 0) is 67.3 Å². The third-order valence-electron chi connectivity index (χ3n) is 4.65. The highest BCUT2D eigenvalue weighted by atomic mass is 79.9. The molecule has 4 rings (SSSR count). The Morgan fingerprint density at radius 1 is 0.724 bits per heavy atom. The van der Waals surface area contributed by atoms with Crippen LogP contribution in [0, 0.1) is 0 Å². The van der Waals surface area contributed by atoms with Gasteiger partial charge in [0.1, 0.15) is 11.5 Å². The minimum atomic E-state index is 0.311. The molecule has 2 aromatic carbocycles. The van der Waals surface area contributed by atoms with E-state index in [1.165, 1.54) is 0 Å². The molecule has 0 amide bonds. The molecule has 0 saturated carbocycles. The lowest BCUT2D eigenvalue weighted by Gasteiger charge is -2.16. The zero-order valence-electron chi connectivity index (χ0n) is 15.6. The van der Waals surface area contributed by atoms with E-state index in [2.05, 4.69) is 75.9 Å². The molecule has 2 aromatic rings. The van der Waals surface area contributed by atoms with Gasteiger partial charge in [-0.1, -0.05) is 31.9 Å². The van der Waals surface area contributed by atoms with Crippen molar-refractivity contribution in [2.24, 2.45) is 0 Å². The lowest BCUT2D eigenvalue weighted by Crippen LogP contribution is -2.09. The summed E-state index contributed by atoms with van der Waals surface area (Å²) in [7, 11) is 0. The van der Waals surface area contributed by atoms with Crippen molar-refractivity contribution < 1.29 is 18.9 Å². The molecule has 2 fully saturated rings. The van der Waals surface area contributed by atoms with Crippen molar-refractivity contribution in [3.05, 3.63) is 53.3 Å². The molecule has 0 aliphatic carbocycles. The lowest BCUT2D eigenvalue weighted by molar-refractivity contribution is 0.242. The van der Waals surface area contributed by atoms with Gasteiger partial charge in [-0.2, -0.15) is 0 Å². The Kier molecular flexibility index (Phi) is 7.62. The summed E-state index contributed by atoms with van der Waals surface area (Å²) in [5, 5.41) is 0. The SMILES string of the molecule is Brc1cc(Br)c(OCCCOc2c(Br)cc(Br)cc2C[C@H]2CO2)c(CC2CO2)c1. The van der Waals surface area contributed by atoms with Crippen LogP contribution in [0.25, 0.3) is 0 Å². The molecule has 0 N–H and O–H groups in total. The Labute approximate surface area is 204 Å². The minimum absolute atomic E-state index is 0.311. The number of hydrogen-bond acceptors (Lipinski definition) is 4. The molecule has 2 aliphatic heterocycles. The first kappa shape index (κ1) is 22.1. The molecule has 29 heavy (non-hydrogen) atoms. The van der Waals surface area contributed by atoms with Gasteiger partial charge in [0, 0.05) is 28.2 Å². The van der Waals surface area contributed by atoms with Crippen molar-refractivity contribution in [3.8, 4) is 11.5 Å². The Morgan fingerprint density at radius 3 is 1.52 bits per heavy atom. The van der Waals surface area contributed by atoms with E-state index >= 15 is 0 Å². The van der Waals surface area contributed by atoms with Crippen LogP contribution in [0.1, 0.15) is 17.5 Å². The highest BCUT2D eigenvalue weighted by Gasteiger charge is 2.26. The second-order valence-electron chi connectivity index (χ2n) is 7.12. The van der Waals surface area contributed by atoms with Gasteiger partial charge in [0.15, 0.2) is 0 Å². The Bertz CT molecular complexity index is 810. The monoisotopic (exact) mass is 652 g/mol. The predicted octanol–water partition coefficient (Wildman–Crippen LogP) is 6.47. The fraction of sp³-hybridized carbons (Fsp3) is 0.429. The molecule has 4 nitrogen and oxygen atoms in total. The van der Waals surface area contributed by atoms with Crippen LogP contribution in [0.5, 0.6) is 11.5 Å². The van der Waals surface area contributed by atoms with Crippen LogP contribution in [0.15, 0.2) is 42.2 Å². The molecule has 2 heterocycles. The van der Waals surface area contributed by atoms with E-state index in [1.54, 1.807) is 0 Å². The molecule has 2 atom stereocenters. The Hall–Kier alpha value is -0.120. The third kappa shape index (κ3) is 6.43. The average molecular weight is 656 g/mol. The summed E-state index contributed by atoms with van der Waals surface area (Å²) in [5.74, 6) is 1.78. The molecular weight excluding hydrogens is 636 g/mol. The van der Waals surface area contributed by atoms with Crippen molar-refractivity contribution in [3.63, 3.8) is 0 Å². The molecule has 0 aromatic heterocycles. The minimum Gasteiger partial charge on any atom is -0.492 e. The van der Waals surface area contributed by atoms with Gasteiger partial charge in [0.25, 0.3) is 0 Å². The summed E-state index contributed by atoms with van der Waals surface area (Å²) >= 11 is 14.3. The van der Waals surface area contributed by atoms with Crippen LogP contribution >= 0.6 is 63.7 Å². The second kappa shape index (κ2) is 10.0. The first-order chi connectivity index (χ1) is 14.0. The summed E-state index contributed by atoms with van der Waals surface area (Å²) in [4.78, 5) is 0. The maximum absolute atomic E-state index is 6.10. The van der Waals surface area contributed by atoms with Crippen molar-refractivity contribution in [2.75, 3.05) is 26.4 Å². The van der Waals surface area contributed by atoms with E-state index < -0.39 is 0 Å². The van der Waals surface area contributed by atoms with Crippen molar-refractivity contribution in [1.82, 2.24) is 0 Å². The van der Waals surface area contributed by atoms with E-state index in [1.807, 2.05) is 12.1 Å². The zero-order valence-corrected chi connectivity index (χ0v) is 21.9. The van der Waals surface area contributed by atoms with Crippen molar-refractivity contribution >= 4 is 63.7 Å². The van der Waals surface area contributed by atoms with Gasteiger partial charge in [0.05, 0.1) is 47.6 Å². The van der Waals surface area contributed by atoms with E-state index in [9.17, 15) is 0 Å². The van der Waals surface area contributed by atoms with Crippen LogP contribution < -0.4 is 9.47 Å². The van der Waals surface area contributed by atoms with E-state index in [0.29, 0.717) is 25.4 Å². The van der Waals surface area contributed by atoms with Crippen LogP contribution in [0.4, 0.5) is 0 Å². The summed E-state index contributed by atoms with van der Waals surface area (Å²) in [6.45, 7) is 2.81. The molecule has 1 unspecified atom stereocenters. The van der Waals surface area contributed by atoms with Gasteiger partial charge >= 0.3 is 0 Å². The maximum Gasteiger partial charge on any atom is 0.136 e. The molecule has 0 bridgehead atoms. The molecule has 2 saturated heterocycles. The number of rotatable bonds is 10. The van der Waals surface area contributed by atoms with E-state index in [4.69, 9.17) is 18.9 Å². The molecule has 156 valence electrons. The van der Waals surface area contributed by atoms with Gasteiger partial charge in [-0.25, -0.2) is 0 Å².